The predicted octanol–water partition coefficient (Wildman–Crippen LogP) is 2.20. The first-order chi connectivity index (χ1) is 4.37. The van der Waals surface area contributed by atoms with Crippen molar-refractivity contribution in [3.05, 3.63) is 0 Å². The number of terminal acetylenes is 1. The van der Waals surface area contributed by atoms with E-state index in [4.69, 9.17) is 6.42 Å². The summed E-state index contributed by atoms with van der Waals surface area (Å²) >= 11 is 0. The third-order valence-corrected chi connectivity index (χ3v) is 3.00. The third-order valence-electron chi connectivity index (χ3n) is 3.00. The SMILES string of the molecule is C#CC1CCCC12CC2. The minimum Gasteiger partial charge on any atom is -0.120 e. The Hall–Kier alpha value is -0.440. The summed E-state index contributed by atoms with van der Waals surface area (Å²) in [5.74, 6) is 3.57. The van der Waals surface area contributed by atoms with Gasteiger partial charge in [-0.15, -0.1) is 12.3 Å². The lowest BCUT2D eigenvalue weighted by Crippen LogP contribution is -2.04. The van der Waals surface area contributed by atoms with Crippen LogP contribution >= 0.6 is 0 Å². The van der Waals surface area contributed by atoms with Gasteiger partial charge >= 0.3 is 0 Å². The van der Waals surface area contributed by atoms with Crippen molar-refractivity contribution in [2.24, 2.45) is 11.3 Å². The molecular weight excluding hydrogens is 108 g/mol. The van der Waals surface area contributed by atoms with Gasteiger partial charge in [0.05, 0.1) is 0 Å². The molecule has 0 amide bonds. The summed E-state index contributed by atoms with van der Waals surface area (Å²) in [6.45, 7) is 0. The zero-order valence-electron chi connectivity index (χ0n) is 5.69. The van der Waals surface area contributed by atoms with E-state index in [0.717, 1.165) is 0 Å². The van der Waals surface area contributed by atoms with Gasteiger partial charge in [0.15, 0.2) is 0 Å². The molecule has 1 spiro atoms. The first-order valence-electron chi connectivity index (χ1n) is 3.83. The van der Waals surface area contributed by atoms with Crippen LogP contribution in [0, 0.1) is 23.7 Å². The summed E-state index contributed by atoms with van der Waals surface area (Å²) in [6, 6.07) is 0. The Morgan fingerprint density at radius 1 is 1.33 bits per heavy atom. The molecule has 0 saturated heterocycles. The van der Waals surface area contributed by atoms with E-state index in [1.807, 2.05) is 0 Å². The van der Waals surface area contributed by atoms with Crippen molar-refractivity contribution in [1.29, 1.82) is 0 Å². The van der Waals surface area contributed by atoms with E-state index in [1.165, 1.54) is 32.1 Å². The highest BCUT2D eigenvalue weighted by Crippen LogP contribution is 2.60. The fourth-order valence-corrected chi connectivity index (χ4v) is 2.16. The molecule has 0 radical (unpaired) electrons. The number of hydrogen-bond acceptors (Lipinski definition) is 0. The van der Waals surface area contributed by atoms with E-state index in [2.05, 4.69) is 5.92 Å². The highest BCUT2D eigenvalue weighted by Gasteiger charge is 2.50. The molecule has 0 aromatic carbocycles. The third kappa shape index (κ3) is 0.611. The largest absolute Gasteiger partial charge is 0.120 e. The van der Waals surface area contributed by atoms with Gasteiger partial charge in [-0.25, -0.2) is 0 Å². The molecule has 48 valence electrons. The number of rotatable bonds is 0. The van der Waals surface area contributed by atoms with Crippen molar-refractivity contribution >= 4 is 0 Å². The molecule has 0 aromatic rings. The molecule has 0 bridgehead atoms. The van der Waals surface area contributed by atoms with Gasteiger partial charge in [-0.3, -0.25) is 0 Å². The van der Waals surface area contributed by atoms with Gasteiger partial charge in [0.25, 0.3) is 0 Å². The molecule has 9 heavy (non-hydrogen) atoms. The quantitative estimate of drug-likeness (QED) is 0.430. The Balaban J connectivity index is 2.16. The van der Waals surface area contributed by atoms with Crippen LogP contribution in [0.4, 0.5) is 0 Å². The Morgan fingerprint density at radius 2 is 2.11 bits per heavy atom. The van der Waals surface area contributed by atoms with Crippen LogP contribution in [0.2, 0.25) is 0 Å². The predicted molar refractivity (Wildman–Crippen MR) is 37.8 cm³/mol. The first-order valence-corrected chi connectivity index (χ1v) is 3.83. The molecule has 2 saturated carbocycles. The summed E-state index contributed by atoms with van der Waals surface area (Å²) < 4.78 is 0. The summed E-state index contributed by atoms with van der Waals surface area (Å²) in [6.07, 6.45) is 12.3. The Morgan fingerprint density at radius 3 is 2.56 bits per heavy atom. The smallest absolute Gasteiger partial charge is 0.0256 e. The van der Waals surface area contributed by atoms with Crippen LogP contribution in [0.5, 0.6) is 0 Å². The van der Waals surface area contributed by atoms with E-state index >= 15 is 0 Å². The number of hydrogen-bond donors (Lipinski definition) is 0. The zero-order chi connectivity index (χ0) is 6.32. The Kier molecular flexibility index (Phi) is 0.913. The standard InChI is InChI=1S/C9H12/c1-2-8-4-3-5-9(8)6-7-9/h1,8H,3-7H2. The second kappa shape index (κ2) is 1.53. The second-order valence-corrected chi connectivity index (χ2v) is 3.47. The molecule has 1 atom stereocenters. The zero-order valence-corrected chi connectivity index (χ0v) is 5.69. The van der Waals surface area contributed by atoms with Gasteiger partial charge in [-0.2, -0.15) is 0 Å². The van der Waals surface area contributed by atoms with Crippen LogP contribution in [0.1, 0.15) is 32.1 Å². The van der Waals surface area contributed by atoms with Gasteiger partial charge in [-0.1, -0.05) is 6.42 Å². The maximum absolute atomic E-state index is 5.40. The molecule has 1 unspecified atom stereocenters. The lowest BCUT2D eigenvalue weighted by atomic mass is 9.94. The molecule has 0 aromatic heterocycles. The highest BCUT2D eigenvalue weighted by atomic mass is 14.5. The van der Waals surface area contributed by atoms with Crippen molar-refractivity contribution in [2.45, 2.75) is 32.1 Å². The minimum atomic E-state index is 0.650. The van der Waals surface area contributed by atoms with E-state index < -0.39 is 0 Å². The fourth-order valence-electron chi connectivity index (χ4n) is 2.16. The monoisotopic (exact) mass is 120 g/mol. The van der Waals surface area contributed by atoms with E-state index in [9.17, 15) is 0 Å². The average Bonchev–Trinajstić information content (AvgIpc) is 2.45. The van der Waals surface area contributed by atoms with Crippen LogP contribution in [0.15, 0.2) is 0 Å². The van der Waals surface area contributed by atoms with Gasteiger partial charge in [-0.05, 0) is 31.1 Å². The highest BCUT2D eigenvalue weighted by molar-refractivity contribution is 5.12. The molecule has 0 aliphatic heterocycles. The van der Waals surface area contributed by atoms with E-state index in [0.29, 0.717) is 11.3 Å². The van der Waals surface area contributed by atoms with Crippen molar-refractivity contribution in [3.63, 3.8) is 0 Å². The van der Waals surface area contributed by atoms with Crippen molar-refractivity contribution in [3.8, 4) is 12.3 Å². The van der Waals surface area contributed by atoms with E-state index in [1.54, 1.807) is 0 Å². The van der Waals surface area contributed by atoms with Crippen LogP contribution in [-0.2, 0) is 0 Å². The molecule has 0 heteroatoms. The second-order valence-electron chi connectivity index (χ2n) is 3.47. The summed E-state index contributed by atoms with van der Waals surface area (Å²) in [5.41, 5.74) is 0.675. The van der Waals surface area contributed by atoms with Crippen LogP contribution in [0.25, 0.3) is 0 Å². The molecule has 2 fully saturated rings. The van der Waals surface area contributed by atoms with Gasteiger partial charge in [0.2, 0.25) is 0 Å². The summed E-state index contributed by atoms with van der Waals surface area (Å²) in [4.78, 5) is 0. The van der Waals surface area contributed by atoms with Gasteiger partial charge in [0, 0.05) is 5.92 Å². The Bertz CT molecular complexity index is 157. The first kappa shape index (κ1) is 5.35. The summed E-state index contributed by atoms with van der Waals surface area (Å²) in [5, 5.41) is 0. The van der Waals surface area contributed by atoms with Crippen LogP contribution < -0.4 is 0 Å². The lowest BCUT2D eigenvalue weighted by molar-refractivity contribution is 0.450. The van der Waals surface area contributed by atoms with Crippen molar-refractivity contribution < 1.29 is 0 Å². The fraction of sp³-hybridized carbons (Fsp3) is 0.778. The van der Waals surface area contributed by atoms with Crippen LogP contribution in [-0.4, -0.2) is 0 Å². The molecular formula is C9H12. The van der Waals surface area contributed by atoms with Gasteiger partial charge < -0.3 is 0 Å². The molecule has 0 heterocycles. The summed E-state index contributed by atoms with van der Waals surface area (Å²) in [7, 11) is 0. The maximum Gasteiger partial charge on any atom is 0.0256 e. The normalized spacial score (nSPS) is 36.6. The lowest BCUT2D eigenvalue weighted by Gasteiger charge is -2.09. The van der Waals surface area contributed by atoms with Gasteiger partial charge in [0.1, 0.15) is 0 Å². The molecule has 2 aliphatic rings. The van der Waals surface area contributed by atoms with Crippen LogP contribution in [0.3, 0.4) is 0 Å². The Labute approximate surface area is 56.6 Å². The van der Waals surface area contributed by atoms with E-state index in [-0.39, 0.29) is 0 Å². The van der Waals surface area contributed by atoms with Crippen molar-refractivity contribution in [2.75, 3.05) is 0 Å². The minimum absolute atomic E-state index is 0.650. The average molecular weight is 120 g/mol. The topological polar surface area (TPSA) is 0 Å². The molecule has 2 aliphatic carbocycles. The molecule has 0 N–H and O–H groups in total. The maximum atomic E-state index is 5.40. The molecule has 2 rings (SSSR count). The molecule has 0 nitrogen and oxygen atoms in total. The van der Waals surface area contributed by atoms with Crippen molar-refractivity contribution in [1.82, 2.24) is 0 Å².